The SMILES string of the molecule is COC(=O)C(N)CC1CCN(C(=O)O)CC1. The van der Waals surface area contributed by atoms with Crippen LogP contribution in [0.1, 0.15) is 19.3 Å². The lowest BCUT2D eigenvalue weighted by Crippen LogP contribution is -2.40. The van der Waals surface area contributed by atoms with Gasteiger partial charge in [0, 0.05) is 13.1 Å². The van der Waals surface area contributed by atoms with Gasteiger partial charge >= 0.3 is 12.1 Å². The fourth-order valence-electron chi connectivity index (χ4n) is 1.97. The maximum atomic E-state index is 11.1. The lowest BCUT2D eigenvalue weighted by Gasteiger charge is -2.30. The van der Waals surface area contributed by atoms with Crippen molar-refractivity contribution in [2.24, 2.45) is 11.7 Å². The van der Waals surface area contributed by atoms with E-state index in [4.69, 9.17) is 10.8 Å². The number of ether oxygens (including phenoxy) is 1. The van der Waals surface area contributed by atoms with E-state index >= 15 is 0 Å². The van der Waals surface area contributed by atoms with E-state index in [1.165, 1.54) is 12.0 Å². The van der Waals surface area contributed by atoms with Crippen LogP contribution in [-0.2, 0) is 9.53 Å². The molecule has 16 heavy (non-hydrogen) atoms. The lowest BCUT2D eigenvalue weighted by molar-refractivity contribution is -0.142. The standard InChI is InChI=1S/C10H18N2O4/c1-16-9(13)8(11)6-7-2-4-12(5-3-7)10(14)15/h7-8H,2-6,11H2,1H3,(H,14,15). The van der Waals surface area contributed by atoms with E-state index < -0.39 is 18.1 Å². The molecule has 0 saturated carbocycles. The normalized spacial score (nSPS) is 19.2. The first-order valence-corrected chi connectivity index (χ1v) is 5.36. The Morgan fingerprint density at radius 3 is 2.50 bits per heavy atom. The number of carbonyl (C=O) groups excluding carboxylic acids is 1. The Kier molecular flexibility index (Phi) is 4.54. The zero-order chi connectivity index (χ0) is 12.1. The van der Waals surface area contributed by atoms with Crippen LogP contribution in [0.4, 0.5) is 4.79 Å². The molecule has 1 unspecified atom stereocenters. The average Bonchev–Trinajstić information content (AvgIpc) is 2.28. The Morgan fingerprint density at radius 2 is 2.06 bits per heavy atom. The summed E-state index contributed by atoms with van der Waals surface area (Å²) >= 11 is 0. The number of amides is 1. The van der Waals surface area contributed by atoms with Crippen molar-refractivity contribution in [3.8, 4) is 0 Å². The summed E-state index contributed by atoms with van der Waals surface area (Å²) in [4.78, 5) is 23.2. The predicted octanol–water partition coefficient (Wildman–Crippen LogP) is 0.267. The highest BCUT2D eigenvalue weighted by molar-refractivity contribution is 5.75. The fraction of sp³-hybridized carbons (Fsp3) is 0.800. The molecule has 1 heterocycles. The number of likely N-dealkylation sites (tertiary alicyclic amines) is 1. The van der Waals surface area contributed by atoms with Gasteiger partial charge in [0.15, 0.2) is 0 Å². The Hall–Kier alpha value is -1.30. The highest BCUT2D eigenvalue weighted by atomic mass is 16.5. The molecular formula is C10H18N2O4. The number of methoxy groups -OCH3 is 1. The molecule has 6 nitrogen and oxygen atoms in total. The minimum Gasteiger partial charge on any atom is -0.468 e. The molecular weight excluding hydrogens is 212 g/mol. The van der Waals surface area contributed by atoms with Crippen molar-refractivity contribution >= 4 is 12.1 Å². The number of rotatable bonds is 3. The van der Waals surface area contributed by atoms with Crippen LogP contribution >= 0.6 is 0 Å². The third kappa shape index (κ3) is 3.37. The number of nitrogens with zero attached hydrogens (tertiary/aromatic N) is 1. The Labute approximate surface area is 94.3 Å². The summed E-state index contributed by atoms with van der Waals surface area (Å²) in [5.41, 5.74) is 5.65. The number of nitrogens with two attached hydrogens (primary N) is 1. The first kappa shape index (κ1) is 12.8. The minimum atomic E-state index is -0.879. The van der Waals surface area contributed by atoms with E-state index in [0.717, 1.165) is 12.8 Å². The van der Waals surface area contributed by atoms with E-state index in [-0.39, 0.29) is 0 Å². The highest BCUT2D eigenvalue weighted by Crippen LogP contribution is 2.21. The van der Waals surface area contributed by atoms with Gasteiger partial charge in [0.2, 0.25) is 0 Å². The van der Waals surface area contributed by atoms with Gasteiger partial charge in [-0.3, -0.25) is 4.79 Å². The van der Waals surface area contributed by atoms with Crippen LogP contribution in [0.5, 0.6) is 0 Å². The third-order valence-electron chi connectivity index (χ3n) is 2.98. The van der Waals surface area contributed by atoms with Crippen LogP contribution in [0.15, 0.2) is 0 Å². The molecule has 92 valence electrons. The molecule has 0 radical (unpaired) electrons. The summed E-state index contributed by atoms with van der Waals surface area (Å²) in [6, 6.07) is -0.591. The molecule has 1 fully saturated rings. The van der Waals surface area contributed by atoms with Crippen LogP contribution in [-0.4, -0.2) is 48.3 Å². The third-order valence-corrected chi connectivity index (χ3v) is 2.98. The van der Waals surface area contributed by atoms with Gasteiger partial charge in [-0.2, -0.15) is 0 Å². The second-order valence-corrected chi connectivity index (χ2v) is 4.08. The zero-order valence-corrected chi connectivity index (χ0v) is 9.39. The first-order valence-electron chi connectivity index (χ1n) is 5.36. The van der Waals surface area contributed by atoms with Crippen molar-refractivity contribution in [1.29, 1.82) is 0 Å². The fourth-order valence-corrected chi connectivity index (χ4v) is 1.97. The Bertz CT molecular complexity index is 262. The van der Waals surface area contributed by atoms with Crippen LogP contribution in [0, 0.1) is 5.92 Å². The molecule has 0 aliphatic carbocycles. The molecule has 0 aromatic carbocycles. The topological polar surface area (TPSA) is 92.9 Å². The Balaban J connectivity index is 2.32. The number of carboxylic acid groups (broad SMARTS) is 1. The van der Waals surface area contributed by atoms with Gasteiger partial charge in [-0.05, 0) is 25.2 Å². The number of piperidine rings is 1. The van der Waals surface area contributed by atoms with Crippen molar-refractivity contribution in [1.82, 2.24) is 4.90 Å². The number of hydrogen-bond donors (Lipinski definition) is 2. The first-order chi connectivity index (χ1) is 7.54. The van der Waals surface area contributed by atoms with Crippen molar-refractivity contribution in [3.05, 3.63) is 0 Å². The van der Waals surface area contributed by atoms with E-state index in [2.05, 4.69) is 4.74 Å². The van der Waals surface area contributed by atoms with Gasteiger partial charge in [-0.25, -0.2) is 4.79 Å². The van der Waals surface area contributed by atoms with Gasteiger partial charge < -0.3 is 20.5 Å². The predicted molar refractivity (Wildman–Crippen MR) is 56.9 cm³/mol. The quantitative estimate of drug-likeness (QED) is 0.679. The second kappa shape index (κ2) is 5.69. The molecule has 0 spiro atoms. The Morgan fingerprint density at radius 1 is 1.50 bits per heavy atom. The molecule has 3 N–H and O–H groups in total. The van der Waals surface area contributed by atoms with Crippen LogP contribution in [0.3, 0.4) is 0 Å². The van der Waals surface area contributed by atoms with Crippen LogP contribution in [0.2, 0.25) is 0 Å². The van der Waals surface area contributed by atoms with Crippen molar-refractivity contribution < 1.29 is 19.4 Å². The van der Waals surface area contributed by atoms with E-state index in [0.29, 0.717) is 25.4 Å². The minimum absolute atomic E-state index is 0.310. The summed E-state index contributed by atoms with van der Waals surface area (Å²) in [6.07, 6.45) is 1.21. The molecule has 1 aliphatic rings. The second-order valence-electron chi connectivity index (χ2n) is 4.08. The molecule has 6 heteroatoms. The molecule has 1 aliphatic heterocycles. The smallest absolute Gasteiger partial charge is 0.407 e. The molecule has 0 bridgehead atoms. The summed E-state index contributed by atoms with van der Waals surface area (Å²) in [7, 11) is 1.31. The molecule has 1 saturated heterocycles. The lowest BCUT2D eigenvalue weighted by atomic mass is 9.90. The van der Waals surface area contributed by atoms with Crippen molar-refractivity contribution in [3.63, 3.8) is 0 Å². The number of carbonyl (C=O) groups is 2. The monoisotopic (exact) mass is 230 g/mol. The summed E-state index contributed by atoms with van der Waals surface area (Å²) in [5.74, 6) is -0.0923. The molecule has 0 aromatic heterocycles. The summed E-state index contributed by atoms with van der Waals surface area (Å²) in [5, 5.41) is 8.76. The highest BCUT2D eigenvalue weighted by Gasteiger charge is 2.25. The molecule has 0 aromatic rings. The van der Waals surface area contributed by atoms with Gasteiger partial charge in [0.05, 0.1) is 7.11 Å². The largest absolute Gasteiger partial charge is 0.468 e. The maximum absolute atomic E-state index is 11.1. The zero-order valence-electron chi connectivity index (χ0n) is 9.39. The van der Waals surface area contributed by atoms with Gasteiger partial charge in [-0.1, -0.05) is 0 Å². The van der Waals surface area contributed by atoms with Gasteiger partial charge in [-0.15, -0.1) is 0 Å². The average molecular weight is 230 g/mol. The van der Waals surface area contributed by atoms with Crippen molar-refractivity contribution in [2.75, 3.05) is 20.2 Å². The van der Waals surface area contributed by atoms with E-state index in [1.54, 1.807) is 0 Å². The van der Waals surface area contributed by atoms with Crippen molar-refractivity contribution in [2.45, 2.75) is 25.3 Å². The van der Waals surface area contributed by atoms with E-state index in [1.807, 2.05) is 0 Å². The number of hydrogen-bond acceptors (Lipinski definition) is 4. The van der Waals surface area contributed by atoms with Crippen LogP contribution < -0.4 is 5.73 Å². The summed E-state index contributed by atoms with van der Waals surface area (Å²) < 4.78 is 4.54. The molecule has 1 atom stereocenters. The summed E-state index contributed by atoms with van der Waals surface area (Å²) in [6.45, 7) is 1.04. The molecule has 1 amide bonds. The maximum Gasteiger partial charge on any atom is 0.407 e. The van der Waals surface area contributed by atoms with Crippen LogP contribution in [0.25, 0.3) is 0 Å². The van der Waals surface area contributed by atoms with Gasteiger partial charge in [0.25, 0.3) is 0 Å². The van der Waals surface area contributed by atoms with E-state index in [9.17, 15) is 9.59 Å². The number of esters is 1. The van der Waals surface area contributed by atoms with Gasteiger partial charge in [0.1, 0.15) is 6.04 Å². The molecule has 1 rings (SSSR count).